The first-order valence-electron chi connectivity index (χ1n) is 9.60. The number of nitrogens with zero attached hydrogens (tertiary/aromatic N) is 1. The van der Waals surface area contributed by atoms with Crippen molar-refractivity contribution in [1.82, 2.24) is 9.71 Å². The standard InChI is InChI=1S/C23H24N2O2S2/c1-16-13-19-21(28-20-9-5-4-8-18(20)23(19,2)3)14-22(16)29(26,27)25-12-10-17-7-6-11-24-15-17/h4-9,11,13-15,25H,10,12H2,1-3H3. The van der Waals surface area contributed by atoms with Crippen LogP contribution in [0.15, 0.2) is 75.6 Å². The van der Waals surface area contributed by atoms with Crippen molar-refractivity contribution < 1.29 is 8.42 Å². The molecule has 1 aliphatic heterocycles. The lowest BCUT2D eigenvalue weighted by molar-refractivity contribution is 0.578. The Kier molecular flexibility index (Phi) is 5.27. The first kappa shape index (κ1) is 20.1. The van der Waals surface area contributed by atoms with Crippen molar-refractivity contribution >= 4 is 21.8 Å². The van der Waals surface area contributed by atoms with Gasteiger partial charge < -0.3 is 0 Å². The number of pyridine rings is 1. The van der Waals surface area contributed by atoms with Crippen LogP contribution >= 0.6 is 11.8 Å². The summed E-state index contributed by atoms with van der Waals surface area (Å²) >= 11 is 1.64. The first-order valence-corrected chi connectivity index (χ1v) is 11.9. The van der Waals surface area contributed by atoms with E-state index in [0.29, 0.717) is 17.9 Å². The Morgan fingerprint density at radius 3 is 2.59 bits per heavy atom. The third-order valence-electron chi connectivity index (χ3n) is 5.45. The minimum atomic E-state index is -3.59. The largest absolute Gasteiger partial charge is 0.264 e. The number of hydrogen-bond donors (Lipinski definition) is 1. The lowest BCUT2D eigenvalue weighted by Gasteiger charge is -2.35. The first-order chi connectivity index (χ1) is 13.8. The van der Waals surface area contributed by atoms with Crippen molar-refractivity contribution in [1.29, 1.82) is 0 Å². The summed E-state index contributed by atoms with van der Waals surface area (Å²) in [6, 6.07) is 16.0. The maximum Gasteiger partial charge on any atom is 0.240 e. The van der Waals surface area contributed by atoms with E-state index in [1.54, 1.807) is 24.2 Å². The second-order valence-electron chi connectivity index (χ2n) is 7.85. The molecule has 2 aromatic carbocycles. The van der Waals surface area contributed by atoms with Gasteiger partial charge in [0.25, 0.3) is 0 Å². The number of sulfonamides is 1. The topological polar surface area (TPSA) is 59.1 Å². The lowest BCUT2D eigenvalue weighted by Crippen LogP contribution is -2.28. The number of hydrogen-bond acceptors (Lipinski definition) is 4. The number of rotatable bonds is 5. The highest BCUT2D eigenvalue weighted by atomic mass is 32.2. The normalized spacial score (nSPS) is 14.9. The van der Waals surface area contributed by atoms with E-state index in [2.05, 4.69) is 41.8 Å². The molecule has 1 N–H and O–H groups in total. The maximum atomic E-state index is 13.0. The molecule has 0 amide bonds. The average Bonchev–Trinajstić information content (AvgIpc) is 2.69. The van der Waals surface area contributed by atoms with Gasteiger partial charge in [-0.2, -0.15) is 0 Å². The molecule has 0 saturated carbocycles. The SMILES string of the molecule is Cc1cc2c(cc1S(=O)(=O)NCCc1cccnc1)Sc1ccccc1C2(C)C. The molecule has 0 radical (unpaired) electrons. The van der Waals surface area contributed by atoms with E-state index >= 15 is 0 Å². The fraction of sp³-hybridized carbons (Fsp3) is 0.261. The van der Waals surface area contributed by atoms with Crippen LogP contribution in [-0.2, 0) is 21.9 Å². The Hall–Kier alpha value is -2.15. The third-order valence-corrected chi connectivity index (χ3v) is 8.19. The molecule has 0 aliphatic carbocycles. The van der Waals surface area contributed by atoms with E-state index in [9.17, 15) is 8.42 Å². The molecule has 0 bridgehead atoms. The third kappa shape index (κ3) is 3.84. The fourth-order valence-electron chi connectivity index (χ4n) is 3.82. The number of fused-ring (bicyclic) bond motifs is 2. The zero-order valence-electron chi connectivity index (χ0n) is 16.8. The van der Waals surface area contributed by atoms with Gasteiger partial charge in [-0.3, -0.25) is 4.98 Å². The summed E-state index contributed by atoms with van der Waals surface area (Å²) in [7, 11) is -3.59. The van der Waals surface area contributed by atoms with Crippen LogP contribution < -0.4 is 4.72 Å². The van der Waals surface area contributed by atoms with E-state index in [1.165, 1.54) is 16.0 Å². The van der Waals surface area contributed by atoms with E-state index in [0.717, 1.165) is 16.0 Å². The Labute approximate surface area is 176 Å². The molecule has 6 heteroatoms. The van der Waals surface area contributed by atoms with Crippen LogP contribution in [0.1, 0.15) is 36.1 Å². The van der Waals surface area contributed by atoms with E-state index in [1.807, 2.05) is 37.3 Å². The predicted octanol–water partition coefficient (Wildman–Crippen LogP) is 4.70. The number of nitrogens with one attached hydrogen (secondary N) is 1. The molecule has 0 fully saturated rings. The van der Waals surface area contributed by atoms with Crippen molar-refractivity contribution in [3.63, 3.8) is 0 Å². The zero-order chi connectivity index (χ0) is 20.6. The van der Waals surface area contributed by atoms with Crippen LogP contribution in [0.3, 0.4) is 0 Å². The summed E-state index contributed by atoms with van der Waals surface area (Å²) < 4.78 is 28.7. The Balaban J connectivity index is 1.63. The molecule has 4 nitrogen and oxygen atoms in total. The second kappa shape index (κ2) is 7.59. The summed E-state index contributed by atoms with van der Waals surface area (Å²) in [5.41, 5.74) is 4.06. The molecule has 3 aromatic rings. The molecule has 29 heavy (non-hydrogen) atoms. The molecule has 0 saturated heterocycles. The molecule has 2 heterocycles. The van der Waals surface area contributed by atoms with Crippen LogP contribution in [0, 0.1) is 6.92 Å². The summed E-state index contributed by atoms with van der Waals surface area (Å²) in [5, 5.41) is 0. The molecule has 1 aromatic heterocycles. The summed E-state index contributed by atoms with van der Waals surface area (Å²) in [5.74, 6) is 0. The predicted molar refractivity (Wildman–Crippen MR) is 117 cm³/mol. The Morgan fingerprint density at radius 2 is 1.83 bits per heavy atom. The smallest absolute Gasteiger partial charge is 0.240 e. The van der Waals surface area contributed by atoms with E-state index in [4.69, 9.17) is 0 Å². The van der Waals surface area contributed by atoms with Crippen molar-refractivity contribution in [2.75, 3.05) is 6.54 Å². The molecule has 150 valence electrons. The Morgan fingerprint density at radius 1 is 1.03 bits per heavy atom. The van der Waals surface area contributed by atoms with Gasteiger partial charge in [-0.15, -0.1) is 0 Å². The van der Waals surface area contributed by atoms with Gasteiger partial charge >= 0.3 is 0 Å². The number of benzene rings is 2. The monoisotopic (exact) mass is 424 g/mol. The molecule has 0 spiro atoms. The van der Waals surface area contributed by atoms with E-state index in [-0.39, 0.29) is 5.41 Å². The van der Waals surface area contributed by atoms with Gasteiger partial charge in [0, 0.05) is 34.1 Å². The van der Waals surface area contributed by atoms with Crippen LogP contribution in [0.4, 0.5) is 0 Å². The molecule has 0 unspecified atom stereocenters. The quantitative estimate of drug-likeness (QED) is 0.645. The molecule has 0 atom stereocenters. The summed E-state index contributed by atoms with van der Waals surface area (Å²) in [6.45, 7) is 6.61. The maximum absolute atomic E-state index is 13.0. The van der Waals surface area contributed by atoms with Crippen LogP contribution in [0.2, 0.25) is 0 Å². The van der Waals surface area contributed by atoms with Crippen molar-refractivity contribution in [2.45, 2.75) is 47.3 Å². The fourth-order valence-corrected chi connectivity index (χ4v) is 6.60. The lowest BCUT2D eigenvalue weighted by atomic mass is 9.77. The molecule has 1 aliphatic rings. The molecular formula is C23H24N2O2S2. The van der Waals surface area contributed by atoms with Crippen LogP contribution in [0.5, 0.6) is 0 Å². The Bertz CT molecular complexity index is 1160. The second-order valence-corrected chi connectivity index (χ2v) is 10.7. The van der Waals surface area contributed by atoms with Gasteiger partial charge in [-0.25, -0.2) is 13.1 Å². The summed E-state index contributed by atoms with van der Waals surface area (Å²) in [4.78, 5) is 6.61. The van der Waals surface area contributed by atoms with Crippen molar-refractivity contribution in [3.8, 4) is 0 Å². The van der Waals surface area contributed by atoms with Crippen LogP contribution in [0.25, 0.3) is 0 Å². The highest BCUT2D eigenvalue weighted by Crippen LogP contribution is 2.49. The number of aryl methyl sites for hydroxylation is 1. The van der Waals surface area contributed by atoms with Gasteiger partial charge in [0.2, 0.25) is 10.0 Å². The number of aromatic nitrogens is 1. The van der Waals surface area contributed by atoms with Crippen molar-refractivity contribution in [3.05, 3.63) is 83.2 Å². The van der Waals surface area contributed by atoms with Gasteiger partial charge in [-0.1, -0.05) is 55.9 Å². The van der Waals surface area contributed by atoms with Gasteiger partial charge in [0.05, 0.1) is 4.90 Å². The van der Waals surface area contributed by atoms with Crippen molar-refractivity contribution in [2.24, 2.45) is 0 Å². The average molecular weight is 425 g/mol. The van der Waals surface area contributed by atoms with Gasteiger partial charge in [0.1, 0.15) is 0 Å². The molecule has 4 rings (SSSR count). The van der Waals surface area contributed by atoms with Gasteiger partial charge in [-0.05, 0) is 53.8 Å². The minimum absolute atomic E-state index is 0.169. The highest BCUT2D eigenvalue weighted by molar-refractivity contribution is 7.99. The minimum Gasteiger partial charge on any atom is -0.264 e. The summed E-state index contributed by atoms with van der Waals surface area (Å²) in [6.07, 6.45) is 4.07. The highest BCUT2D eigenvalue weighted by Gasteiger charge is 2.34. The molecular weight excluding hydrogens is 400 g/mol. The zero-order valence-corrected chi connectivity index (χ0v) is 18.4. The van der Waals surface area contributed by atoms with Crippen LogP contribution in [-0.4, -0.2) is 19.9 Å². The van der Waals surface area contributed by atoms with E-state index < -0.39 is 10.0 Å². The van der Waals surface area contributed by atoms with Gasteiger partial charge in [0.15, 0.2) is 0 Å².